The highest BCUT2D eigenvalue weighted by Crippen LogP contribution is 2.38. The lowest BCUT2D eigenvalue weighted by Crippen LogP contribution is -2.34. The number of hydrogen-bond acceptors (Lipinski definition) is 3. The molecule has 3 aromatic rings. The number of halogens is 2. The Kier molecular flexibility index (Phi) is 6.88. The molecule has 0 amide bonds. The summed E-state index contributed by atoms with van der Waals surface area (Å²) in [6.45, 7) is 2.57. The number of rotatable bonds is 7. The van der Waals surface area contributed by atoms with Crippen LogP contribution < -0.4 is 0 Å². The van der Waals surface area contributed by atoms with Crippen LogP contribution >= 0.6 is 0 Å². The summed E-state index contributed by atoms with van der Waals surface area (Å²) < 4.78 is 35.4. The topological polar surface area (TPSA) is 64.3 Å². The quantitative estimate of drug-likeness (QED) is 0.497. The second-order valence-corrected chi connectivity index (χ2v) is 8.76. The van der Waals surface area contributed by atoms with Gasteiger partial charge in [0.25, 0.3) is 0 Å². The highest BCUT2D eigenvalue weighted by molar-refractivity contribution is 5.83. The van der Waals surface area contributed by atoms with Crippen molar-refractivity contribution in [2.24, 2.45) is 11.8 Å². The molecule has 1 aliphatic carbocycles. The number of aliphatic carboxylic acids is 1. The Morgan fingerprint density at radius 1 is 1.15 bits per heavy atom. The predicted molar refractivity (Wildman–Crippen MR) is 122 cm³/mol. The van der Waals surface area contributed by atoms with Gasteiger partial charge in [-0.3, -0.25) is 4.68 Å². The number of ether oxygens (including phenoxy) is 1. The Morgan fingerprint density at radius 3 is 2.45 bits per heavy atom. The van der Waals surface area contributed by atoms with Gasteiger partial charge in [0, 0.05) is 42.1 Å². The van der Waals surface area contributed by atoms with E-state index in [1.807, 2.05) is 41.9 Å². The van der Waals surface area contributed by atoms with Crippen LogP contribution in [0.1, 0.15) is 31.4 Å². The SMILES string of the molecule is COC(C(=O)O)C1CCC(Cn2nc(-c3ccccc3)c(-c3ccc(F)cc3F)c2C)CC1. The molecule has 2 aromatic carbocycles. The van der Waals surface area contributed by atoms with Crippen molar-refractivity contribution in [2.75, 3.05) is 7.11 Å². The maximum Gasteiger partial charge on any atom is 0.333 e. The van der Waals surface area contributed by atoms with Gasteiger partial charge in [-0.1, -0.05) is 30.3 Å². The van der Waals surface area contributed by atoms with Gasteiger partial charge in [0.05, 0.1) is 0 Å². The van der Waals surface area contributed by atoms with Gasteiger partial charge in [-0.25, -0.2) is 13.6 Å². The van der Waals surface area contributed by atoms with Gasteiger partial charge in [0.2, 0.25) is 0 Å². The highest BCUT2D eigenvalue weighted by atomic mass is 19.1. The van der Waals surface area contributed by atoms with Crippen molar-refractivity contribution in [1.29, 1.82) is 0 Å². The first-order valence-electron chi connectivity index (χ1n) is 11.2. The van der Waals surface area contributed by atoms with Crippen LogP contribution in [0.3, 0.4) is 0 Å². The third-order valence-electron chi connectivity index (χ3n) is 6.70. The van der Waals surface area contributed by atoms with Gasteiger partial charge in [-0.05, 0) is 56.6 Å². The summed E-state index contributed by atoms with van der Waals surface area (Å²) in [5, 5.41) is 14.2. The summed E-state index contributed by atoms with van der Waals surface area (Å²) in [4.78, 5) is 11.4. The Morgan fingerprint density at radius 2 is 1.85 bits per heavy atom. The summed E-state index contributed by atoms with van der Waals surface area (Å²) >= 11 is 0. The fourth-order valence-corrected chi connectivity index (χ4v) is 4.95. The first kappa shape index (κ1) is 23.1. The zero-order chi connectivity index (χ0) is 23.5. The molecule has 5 nitrogen and oxygen atoms in total. The largest absolute Gasteiger partial charge is 0.479 e. The molecule has 0 bridgehead atoms. The minimum atomic E-state index is -0.915. The van der Waals surface area contributed by atoms with Gasteiger partial charge >= 0.3 is 5.97 Å². The Bertz CT molecular complexity index is 1120. The third-order valence-corrected chi connectivity index (χ3v) is 6.70. The molecule has 0 saturated heterocycles. The molecule has 1 heterocycles. The fourth-order valence-electron chi connectivity index (χ4n) is 4.95. The Labute approximate surface area is 192 Å². The van der Waals surface area contributed by atoms with Crippen LogP contribution in [0.4, 0.5) is 8.78 Å². The molecule has 1 atom stereocenters. The van der Waals surface area contributed by atoms with Gasteiger partial charge in [-0.2, -0.15) is 5.10 Å². The van der Waals surface area contributed by atoms with Crippen LogP contribution in [0.5, 0.6) is 0 Å². The second-order valence-electron chi connectivity index (χ2n) is 8.76. The molecular weight excluding hydrogens is 426 g/mol. The van der Waals surface area contributed by atoms with Gasteiger partial charge in [0.1, 0.15) is 17.3 Å². The van der Waals surface area contributed by atoms with Crippen molar-refractivity contribution in [2.45, 2.75) is 45.3 Å². The molecule has 4 rings (SSSR count). The highest BCUT2D eigenvalue weighted by Gasteiger charge is 2.32. The van der Waals surface area contributed by atoms with Crippen molar-refractivity contribution in [3.63, 3.8) is 0 Å². The third kappa shape index (κ3) is 4.83. The van der Waals surface area contributed by atoms with E-state index in [4.69, 9.17) is 9.84 Å². The number of carbonyl (C=O) groups is 1. The minimum Gasteiger partial charge on any atom is -0.479 e. The summed E-state index contributed by atoms with van der Waals surface area (Å²) in [5.74, 6) is -1.81. The fraction of sp³-hybridized carbons (Fsp3) is 0.385. The molecule has 1 N–H and O–H groups in total. The van der Waals surface area contributed by atoms with E-state index in [9.17, 15) is 18.7 Å². The monoisotopic (exact) mass is 454 g/mol. The lowest BCUT2D eigenvalue weighted by atomic mass is 9.79. The molecule has 0 radical (unpaired) electrons. The number of carboxylic acids is 1. The number of hydrogen-bond donors (Lipinski definition) is 1. The molecule has 0 aliphatic heterocycles. The van der Waals surface area contributed by atoms with Crippen LogP contribution in [0.15, 0.2) is 48.5 Å². The Hall–Kier alpha value is -3.06. The number of carboxylic acid groups (broad SMARTS) is 1. The molecule has 1 saturated carbocycles. The van der Waals surface area contributed by atoms with Crippen molar-refractivity contribution in [1.82, 2.24) is 9.78 Å². The van der Waals surface area contributed by atoms with E-state index in [0.29, 0.717) is 29.3 Å². The molecular formula is C26H28F2N2O3. The van der Waals surface area contributed by atoms with Gasteiger partial charge < -0.3 is 9.84 Å². The predicted octanol–water partition coefficient (Wildman–Crippen LogP) is 5.71. The molecule has 33 heavy (non-hydrogen) atoms. The standard InChI is InChI=1S/C26H28F2N2O3/c1-16-23(21-13-12-20(27)14-22(21)28)24(18-6-4-3-5-7-18)29-30(16)15-17-8-10-19(11-9-17)25(33-2)26(31)32/h3-7,12-14,17,19,25H,8-11,15H2,1-2H3,(H,31,32). The van der Waals surface area contributed by atoms with Crippen molar-refractivity contribution in [3.8, 4) is 22.4 Å². The second kappa shape index (κ2) is 9.83. The summed E-state index contributed by atoms with van der Waals surface area (Å²) in [6, 6.07) is 13.2. The van der Waals surface area contributed by atoms with Crippen LogP contribution in [-0.2, 0) is 16.1 Å². The lowest BCUT2D eigenvalue weighted by molar-refractivity contribution is -0.153. The molecule has 0 spiro atoms. The zero-order valence-electron chi connectivity index (χ0n) is 18.8. The van der Waals surface area contributed by atoms with E-state index in [2.05, 4.69) is 0 Å². The van der Waals surface area contributed by atoms with Crippen molar-refractivity contribution < 1.29 is 23.4 Å². The zero-order valence-corrected chi connectivity index (χ0v) is 18.8. The minimum absolute atomic E-state index is 0.00576. The summed E-state index contributed by atoms with van der Waals surface area (Å²) in [7, 11) is 1.44. The molecule has 1 aromatic heterocycles. The number of nitrogens with zero attached hydrogens (tertiary/aromatic N) is 2. The summed E-state index contributed by atoms with van der Waals surface area (Å²) in [5.41, 5.74) is 3.34. The van der Waals surface area contributed by atoms with Crippen molar-refractivity contribution >= 4 is 5.97 Å². The number of benzene rings is 2. The van der Waals surface area contributed by atoms with Crippen LogP contribution in [-0.4, -0.2) is 34.1 Å². The number of aromatic nitrogens is 2. The maximum atomic E-state index is 14.8. The van der Waals surface area contributed by atoms with Crippen molar-refractivity contribution in [3.05, 3.63) is 65.9 Å². The molecule has 7 heteroatoms. The molecule has 1 unspecified atom stereocenters. The Balaban J connectivity index is 1.63. The molecule has 1 fully saturated rings. The maximum absolute atomic E-state index is 14.8. The molecule has 174 valence electrons. The smallest absolute Gasteiger partial charge is 0.333 e. The van der Waals surface area contributed by atoms with E-state index in [-0.39, 0.29) is 5.92 Å². The van der Waals surface area contributed by atoms with Crippen LogP contribution in [0, 0.1) is 30.4 Å². The van der Waals surface area contributed by atoms with E-state index in [0.717, 1.165) is 43.0 Å². The van der Waals surface area contributed by atoms with E-state index in [1.54, 1.807) is 0 Å². The first-order chi connectivity index (χ1) is 15.9. The van der Waals surface area contributed by atoms with E-state index in [1.165, 1.54) is 19.2 Å². The number of methoxy groups -OCH3 is 1. The van der Waals surface area contributed by atoms with E-state index < -0.39 is 23.7 Å². The average Bonchev–Trinajstić information content (AvgIpc) is 3.12. The lowest BCUT2D eigenvalue weighted by Gasteiger charge is -2.31. The van der Waals surface area contributed by atoms with Crippen LogP contribution in [0.25, 0.3) is 22.4 Å². The average molecular weight is 455 g/mol. The first-order valence-corrected chi connectivity index (χ1v) is 11.2. The van der Waals surface area contributed by atoms with Crippen LogP contribution in [0.2, 0.25) is 0 Å². The summed E-state index contributed by atoms with van der Waals surface area (Å²) in [6.07, 6.45) is 2.53. The van der Waals surface area contributed by atoms with Gasteiger partial charge in [0.15, 0.2) is 6.10 Å². The normalized spacial score (nSPS) is 19.4. The van der Waals surface area contributed by atoms with E-state index >= 15 is 0 Å². The molecule has 1 aliphatic rings. The van der Waals surface area contributed by atoms with Gasteiger partial charge in [-0.15, -0.1) is 0 Å².